The highest BCUT2D eigenvalue weighted by molar-refractivity contribution is 7.92. The normalized spacial score (nSPS) is 16.0. The lowest BCUT2D eigenvalue weighted by molar-refractivity contribution is 0.0474. The molecule has 0 fully saturated rings. The molecule has 1 aliphatic rings. The van der Waals surface area contributed by atoms with Gasteiger partial charge in [0, 0.05) is 11.6 Å². The summed E-state index contributed by atoms with van der Waals surface area (Å²) in [4.78, 5) is 24.5. The lowest BCUT2D eigenvalue weighted by Crippen LogP contribution is -2.34. The predicted octanol–water partition coefficient (Wildman–Crippen LogP) is 1.93. The van der Waals surface area contributed by atoms with E-state index >= 15 is 0 Å². The van der Waals surface area contributed by atoms with Crippen molar-refractivity contribution in [3.8, 4) is 0 Å². The molecule has 0 saturated carbocycles. The van der Waals surface area contributed by atoms with Crippen LogP contribution in [-0.2, 0) is 27.8 Å². The molecule has 1 atom stereocenters. The van der Waals surface area contributed by atoms with E-state index in [1.165, 1.54) is 16.4 Å². The molecule has 7 nitrogen and oxygen atoms in total. The van der Waals surface area contributed by atoms with Crippen molar-refractivity contribution in [2.75, 3.05) is 17.2 Å². The van der Waals surface area contributed by atoms with Crippen molar-refractivity contribution in [3.05, 3.63) is 64.7 Å². The lowest BCUT2D eigenvalue weighted by atomic mass is 10.0. The van der Waals surface area contributed by atoms with Crippen molar-refractivity contribution < 1.29 is 27.9 Å². The number of nitrogens with zero attached hydrogens (tertiary/aromatic N) is 1. The van der Waals surface area contributed by atoms with Gasteiger partial charge in [-0.05, 0) is 54.8 Å². The molecule has 0 saturated heterocycles. The molecule has 0 bridgehead atoms. The van der Waals surface area contributed by atoms with Gasteiger partial charge in [0.2, 0.25) is 10.0 Å². The molecule has 2 aromatic carbocycles. The van der Waals surface area contributed by atoms with Crippen LogP contribution in [0.3, 0.4) is 0 Å². The molecule has 0 spiro atoms. The van der Waals surface area contributed by atoms with Gasteiger partial charge in [-0.15, -0.1) is 0 Å². The van der Waals surface area contributed by atoms with E-state index in [1.54, 1.807) is 30.3 Å². The minimum Gasteiger partial charge on any atom is -0.454 e. The van der Waals surface area contributed by atoms with Crippen LogP contribution < -0.4 is 4.31 Å². The maximum Gasteiger partial charge on any atom is 0.338 e. The van der Waals surface area contributed by atoms with Crippen LogP contribution in [0.25, 0.3) is 0 Å². The minimum absolute atomic E-state index is 0.123. The van der Waals surface area contributed by atoms with Gasteiger partial charge in [0.15, 0.2) is 12.4 Å². The van der Waals surface area contributed by atoms with Crippen LogP contribution >= 0.6 is 0 Å². The second kappa shape index (κ2) is 7.73. The molecule has 2 aromatic rings. The number of hydrogen-bond acceptors (Lipinski definition) is 6. The number of aliphatic hydroxyl groups excluding tert-OH is 1. The number of carbonyl (C=O) groups is 2. The number of carbonyl (C=O) groups excluding carboxylic acids is 2. The molecular formula is C20H21NO6S. The third-order valence-corrected chi connectivity index (χ3v) is 5.89. The SMILES string of the molecule is C[C@@H]1Cc2cc(C(=O)COC(=O)c3ccc(CO)cc3)ccc2N1S(C)(=O)=O. The van der Waals surface area contributed by atoms with E-state index < -0.39 is 22.6 Å². The largest absolute Gasteiger partial charge is 0.454 e. The van der Waals surface area contributed by atoms with Crippen LogP contribution in [0.1, 0.15) is 38.8 Å². The molecule has 0 aliphatic carbocycles. The fourth-order valence-electron chi connectivity index (χ4n) is 3.33. The summed E-state index contributed by atoms with van der Waals surface area (Å²) in [6.07, 6.45) is 1.67. The van der Waals surface area contributed by atoms with E-state index in [2.05, 4.69) is 0 Å². The topological polar surface area (TPSA) is 101 Å². The van der Waals surface area contributed by atoms with E-state index in [0.29, 0.717) is 23.2 Å². The molecule has 0 amide bonds. The van der Waals surface area contributed by atoms with Crippen molar-refractivity contribution in [1.82, 2.24) is 0 Å². The number of ether oxygens (including phenoxy) is 1. The standard InChI is InChI=1S/C20H21NO6S/c1-13-9-17-10-16(7-8-18(17)21(13)28(2,25)26)19(23)12-27-20(24)15-5-3-14(11-22)4-6-15/h3-8,10,13,22H,9,11-12H2,1-2H3/t13-/m1/s1. The fourth-order valence-corrected chi connectivity index (χ4v) is 4.59. The molecule has 0 aromatic heterocycles. The number of anilines is 1. The quantitative estimate of drug-likeness (QED) is 0.584. The summed E-state index contributed by atoms with van der Waals surface area (Å²) < 4.78 is 30.4. The van der Waals surface area contributed by atoms with Gasteiger partial charge in [0.1, 0.15) is 0 Å². The second-order valence-corrected chi connectivity index (χ2v) is 8.67. The maximum absolute atomic E-state index is 12.4. The summed E-state index contributed by atoms with van der Waals surface area (Å²) >= 11 is 0. The van der Waals surface area contributed by atoms with Crippen molar-refractivity contribution in [2.45, 2.75) is 26.0 Å². The summed E-state index contributed by atoms with van der Waals surface area (Å²) in [5.74, 6) is -0.996. The van der Waals surface area contributed by atoms with E-state index in [4.69, 9.17) is 9.84 Å². The van der Waals surface area contributed by atoms with Crippen molar-refractivity contribution in [3.63, 3.8) is 0 Å². The number of aliphatic hydroxyl groups is 1. The van der Waals surface area contributed by atoms with Gasteiger partial charge in [-0.1, -0.05) is 12.1 Å². The summed E-state index contributed by atoms with van der Waals surface area (Å²) in [6, 6.07) is 10.9. The molecule has 0 unspecified atom stereocenters. The molecular weight excluding hydrogens is 382 g/mol. The lowest BCUT2D eigenvalue weighted by Gasteiger charge is -2.21. The predicted molar refractivity (Wildman–Crippen MR) is 104 cm³/mol. The van der Waals surface area contributed by atoms with Crippen LogP contribution in [0.4, 0.5) is 5.69 Å². The first kappa shape index (κ1) is 20.0. The molecule has 1 aliphatic heterocycles. The minimum atomic E-state index is -3.39. The average Bonchev–Trinajstić information content (AvgIpc) is 3.00. The van der Waals surface area contributed by atoms with Gasteiger partial charge in [0.05, 0.1) is 24.1 Å². The Labute approximate surface area is 163 Å². The molecule has 148 valence electrons. The zero-order chi connectivity index (χ0) is 20.5. The first-order valence-corrected chi connectivity index (χ1v) is 10.6. The highest BCUT2D eigenvalue weighted by Gasteiger charge is 2.32. The number of fused-ring (bicyclic) bond motifs is 1. The Bertz CT molecular complexity index is 1010. The fraction of sp³-hybridized carbons (Fsp3) is 0.300. The van der Waals surface area contributed by atoms with E-state index in [9.17, 15) is 18.0 Å². The zero-order valence-electron chi connectivity index (χ0n) is 15.6. The Kier molecular flexibility index (Phi) is 5.53. The van der Waals surface area contributed by atoms with E-state index in [-0.39, 0.29) is 24.0 Å². The molecule has 1 N–H and O–H groups in total. The zero-order valence-corrected chi connectivity index (χ0v) is 16.4. The Hall–Kier alpha value is -2.71. The molecule has 0 radical (unpaired) electrons. The summed E-state index contributed by atoms with van der Waals surface area (Å²) in [5, 5.41) is 9.02. The number of esters is 1. The highest BCUT2D eigenvalue weighted by Crippen LogP contribution is 2.34. The maximum atomic E-state index is 12.4. The first-order valence-electron chi connectivity index (χ1n) is 8.73. The first-order chi connectivity index (χ1) is 13.2. The summed E-state index contributed by atoms with van der Waals surface area (Å²) in [6.45, 7) is 1.28. The van der Waals surface area contributed by atoms with Gasteiger partial charge in [0.25, 0.3) is 0 Å². The van der Waals surface area contributed by atoms with Crippen molar-refractivity contribution in [2.24, 2.45) is 0 Å². The van der Waals surface area contributed by atoms with E-state index in [1.807, 2.05) is 6.92 Å². The second-order valence-electron chi connectivity index (χ2n) is 6.81. The van der Waals surface area contributed by atoms with Crippen molar-refractivity contribution >= 4 is 27.5 Å². The Balaban J connectivity index is 1.69. The molecule has 28 heavy (non-hydrogen) atoms. The van der Waals surface area contributed by atoms with Gasteiger partial charge >= 0.3 is 5.97 Å². The number of benzene rings is 2. The van der Waals surface area contributed by atoms with Crippen molar-refractivity contribution in [1.29, 1.82) is 0 Å². The monoisotopic (exact) mass is 403 g/mol. The number of hydrogen-bond donors (Lipinski definition) is 1. The van der Waals surface area contributed by atoms with Crippen LogP contribution in [-0.4, -0.2) is 44.2 Å². The Morgan fingerprint density at radius 3 is 2.39 bits per heavy atom. The number of Topliss-reactive ketones (excluding diaryl/α,β-unsaturated/α-hetero) is 1. The highest BCUT2D eigenvalue weighted by atomic mass is 32.2. The number of ketones is 1. The van der Waals surface area contributed by atoms with Crippen LogP contribution in [0, 0.1) is 0 Å². The Morgan fingerprint density at radius 2 is 1.79 bits per heavy atom. The molecule has 3 rings (SSSR count). The summed E-state index contributed by atoms with van der Waals surface area (Å²) in [5.41, 5.74) is 2.67. The van der Waals surface area contributed by atoms with E-state index in [0.717, 1.165) is 11.8 Å². The van der Waals surface area contributed by atoms with Crippen LogP contribution in [0.2, 0.25) is 0 Å². The van der Waals surface area contributed by atoms with Gasteiger partial charge < -0.3 is 9.84 Å². The number of rotatable bonds is 6. The average molecular weight is 403 g/mol. The van der Waals surface area contributed by atoms with Crippen LogP contribution in [0.5, 0.6) is 0 Å². The van der Waals surface area contributed by atoms with Gasteiger partial charge in [-0.2, -0.15) is 0 Å². The smallest absolute Gasteiger partial charge is 0.338 e. The number of sulfonamides is 1. The summed E-state index contributed by atoms with van der Waals surface area (Å²) in [7, 11) is -3.39. The molecule has 1 heterocycles. The Morgan fingerprint density at radius 1 is 1.14 bits per heavy atom. The third kappa shape index (κ3) is 4.07. The van der Waals surface area contributed by atoms with Crippen LogP contribution in [0.15, 0.2) is 42.5 Å². The van der Waals surface area contributed by atoms with Gasteiger partial charge in [-0.25, -0.2) is 13.2 Å². The third-order valence-electron chi connectivity index (χ3n) is 4.62. The van der Waals surface area contributed by atoms with Gasteiger partial charge in [-0.3, -0.25) is 9.10 Å². The molecule has 8 heteroatoms.